The molecule has 3 rings (SSSR count). The quantitative estimate of drug-likeness (QED) is 0.606. The Kier molecular flexibility index (Phi) is 4.57. The molecule has 0 atom stereocenters. The van der Waals surface area contributed by atoms with Crippen LogP contribution in [0.4, 0.5) is 19.1 Å². The van der Waals surface area contributed by atoms with Crippen LogP contribution < -0.4 is 10.4 Å². The minimum atomic E-state index is -4.43. The fraction of sp³-hybridized carbons (Fsp3) is 0.429. The first kappa shape index (κ1) is 17.1. The van der Waals surface area contributed by atoms with Gasteiger partial charge < -0.3 is 9.80 Å². The van der Waals surface area contributed by atoms with E-state index in [1.54, 1.807) is 4.90 Å². The van der Waals surface area contributed by atoms with E-state index in [0.29, 0.717) is 5.84 Å². The molecule has 2 aliphatic heterocycles. The number of hydrogen-bond acceptors (Lipinski definition) is 7. The molecule has 1 aromatic rings. The van der Waals surface area contributed by atoms with Crippen LogP contribution in [-0.2, 0) is 0 Å². The van der Waals surface area contributed by atoms with Gasteiger partial charge in [-0.2, -0.15) is 13.2 Å². The van der Waals surface area contributed by atoms with Crippen molar-refractivity contribution in [2.24, 2.45) is 4.99 Å². The number of aliphatic imine (C=N–C) groups is 1. The molecule has 1 fully saturated rings. The highest BCUT2D eigenvalue weighted by atomic mass is 19.4. The number of aromatic nitrogens is 2. The number of piperazine rings is 1. The van der Waals surface area contributed by atoms with Gasteiger partial charge >= 0.3 is 6.18 Å². The molecule has 1 amide bonds. The van der Waals surface area contributed by atoms with Gasteiger partial charge in [0.25, 0.3) is 5.91 Å². The summed E-state index contributed by atoms with van der Waals surface area (Å²) in [6, 6.07) is 0. The maximum absolute atomic E-state index is 13.2. The van der Waals surface area contributed by atoms with E-state index >= 15 is 0 Å². The van der Waals surface area contributed by atoms with Crippen molar-refractivity contribution in [1.82, 2.24) is 20.3 Å². The van der Waals surface area contributed by atoms with Crippen LogP contribution in [0.15, 0.2) is 29.2 Å². The molecule has 2 N–H and O–H groups in total. The smallest absolute Gasteiger partial charge is 0.332 e. The second kappa shape index (κ2) is 6.67. The van der Waals surface area contributed by atoms with Crippen molar-refractivity contribution >= 4 is 17.7 Å². The van der Waals surface area contributed by atoms with Crippen LogP contribution in [0.5, 0.6) is 0 Å². The zero-order chi connectivity index (χ0) is 18.0. The average Bonchev–Trinajstić information content (AvgIpc) is 2.82. The first-order valence-electron chi connectivity index (χ1n) is 7.50. The fourth-order valence-corrected chi connectivity index (χ4v) is 2.69. The Morgan fingerprint density at radius 2 is 1.96 bits per heavy atom. The van der Waals surface area contributed by atoms with E-state index in [0.717, 1.165) is 0 Å². The number of amidine groups is 1. The number of rotatable bonds is 2. The van der Waals surface area contributed by atoms with Gasteiger partial charge in [0.2, 0.25) is 5.95 Å². The van der Waals surface area contributed by atoms with Crippen molar-refractivity contribution in [1.29, 1.82) is 0 Å². The molecule has 0 aromatic carbocycles. The van der Waals surface area contributed by atoms with Crippen molar-refractivity contribution < 1.29 is 23.2 Å². The Labute approximate surface area is 140 Å². The largest absolute Gasteiger partial charge is 0.431 e. The third-order valence-corrected chi connectivity index (χ3v) is 3.86. The summed E-state index contributed by atoms with van der Waals surface area (Å²) < 4.78 is 39.6. The summed E-state index contributed by atoms with van der Waals surface area (Å²) in [6.07, 6.45) is -0.559. The predicted octanol–water partition coefficient (Wildman–Crippen LogP) is 0.966. The zero-order valence-corrected chi connectivity index (χ0v) is 13.0. The highest BCUT2D eigenvalue weighted by Gasteiger charge is 2.41. The van der Waals surface area contributed by atoms with Gasteiger partial charge in [-0.05, 0) is 6.42 Å². The van der Waals surface area contributed by atoms with E-state index in [1.165, 1.54) is 28.8 Å². The number of anilines is 1. The Morgan fingerprint density at radius 3 is 2.60 bits per heavy atom. The molecule has 1 saturated heterocycles. The van der Waals surface area contributed by atoms with Gasteiger partial charge in [-0.3, -0.25) is 15.0 Å². The van der Waals surface area contributed by atoms with Gasteiger partial charge in [-0.1, -0.05) is 6.08 Å². The van der Waals surface area contributed by atoms with E-state index in [4.69, 9.17) is 5.21 Å². The number of halogens is 3. The summed E-state index contributed by atoms with van der Waals surface area (Å²) in [6.45, 7) is 0.805. The standard InChI is InChI=1S/C14H15F3N6O2/c15-14(16,17)10-2-1-3-18-11-8-22(4-5-23(10)11)13-19-6-9(7-20-13)12(24)21-25/h2,6-7,25H,1,3-5,8H2,(H,21,24). The monoisotopic (exact) mass is 356 g/mol. The number of amides is 1. The highest BCUT2D eigenvalue weighted by molar-refractivity contribution is 5.93. The first-order chi connectivity index (χ1) is 11.9. The second-order valence-corrected chi connectivity index (χ2v) is 5.46. The number of allylic oxidation sites excluding steroid dienone is 1. The third-order valence-electron chi connectivity index (χ3n) is 3.86. The summed E-state index contributed by atoms with van der Waals surface area (Å²) in [4.78, 5) is 26.5. The SMILES string of the molecule is O=C(NO)c1cnc(N2CCN3C(C(F)(F)F)=CCCN=C3C2)nc1. The normalized spacial score (nSPS) is 18.1. The molecule has 0 spiro atoms. The van der Waals surface area contributed by atoms with Crippen molar-refractivity contribution in [3.05, 3.63) is 29.7 Å². The molecule has 1 aromatic heterocycles. The zero-order valence-electron chi connectivity index (χ0n) is 13.0. The molecule has 0 radical (unpaired) electrons. The molecular weight excluding hydrogens is 341 g/mol. The molecule has 0 unspecified atom stereocenters. The van der Waals surface area contributed by atoms with Crippen LogP contribution in [0, 0.1) is 0 Å². The Bertz CT molecular complexity index is 716. The number of carbonyl (C=O) groups is 1. The van der Waals surface area contributed by atoms with Gasteiger partial charge in [-0.25, -0.2) is 15.4 Å². The third kappa shape index (κ3) is 3.55. The van der Waals surface area contributed by atoms with Crippen LogP contribution >= 0.6 is 0 Å². The molecule has 0 saturated carbocycles. The predicted molar refractivity (Wildman–Crippen MR) is 81.3 cm³/mol. The summed E-state index contributed by atoms with van der Waals surface area (Å²) in [5.74, 6) is -0.156. The van der Waals surface area contributed by atoms with Crippen LogP contribution in [0.1, 0.15) is 16.8 Å². The Hall–Kier alpha value is -2.69. The number of carbonyl (C=O) groups excluding carboxylic acids is 1. The summed E-state index contributed by atoms with van der Waals surface area (Å²) >= 11 is 0. The van der Waals surface area contributed by atoms with Gasteiger partial charge in [0.1, 0.15) is 11.5 Å². The second-order valence-electron chi connectivity index (χ2n) is 5.46. The topological polar surface area (TPSA) is 93.9 Å². The lowest BCUT2D eigenvalue weighted by Crippen LogP contribution is -2.52. The van der Waals surface area contributed by atoms with E-state index in [2.05, 4.69) is 15.0 Å². The van der Waals surface area contributed by atoms with Crippen molar-refractivity contribution in [3.8, 4) is 0 Å². The van der Waals surface area contributed by atoms with Crippen LogP contribution in [-0.4, -0.2) is 64.2 Å². The fourth-order valence-electron chi connectivity index (χ4n) is 2.69. The molecule has 11 heteroatoms. The number of nitrogens with one attached hydrogen (secondary N) is 1. The van der Waals surface area contributed by atoms with Crippen LogP contribution in [0.3, 0.4) is 0 Å². The van der Waals surface area contributed by atoms with E-state index in [9.17, 15) is 18.0 Å². The molecule has 2 aliphatic rings. The van der Waals surface area contributed by atoms with Crippen LogP contribution in [0.25, 0.3) is 0 Å². The lowest BCUT2D eigenvalue weighted by Gasteiger charge is -2.38. The van der Waals surface area contributed by atoms with Crippen LogP contribution in [0.2, 0.25) is 0 Å². The average molecular weight is 356 g/mol. The maximum Gasteiger partial charge on any atom is 0.431 e. The van der Waals surface area contributed by atoms with E-state index < -0.39 is 17.8 Å². The van der Waals surface area contributed by atoms with Crippen molar-refractivity contribution in [2.75, 3.05) is 31.1 Å². The van der Waals surface area contributed by atoms with Crippen molar-refractivity contribution in [3.63, 3.8) is 0 Å². The van der Waals surface area contributed by atoms with E-state index in [-0.39, 0.29) is 44.1 Å². The minimum absolute atomic E-state index is 0.0685. The number of alkyl halides is 3. The summed E-state index contributed by atoms with van der Waals surface area (Å²) in [5, 5.41) is 8.57. The Balaban J connectivity index is 1.78. The Morgan fingerprint density at radius 1 is 1.24 bits per heavy atom. The maximum atomic E-state index is 13.2. The van der Waals surface area contributed by atoms with Gasteiger partial charge in [0, 0.05) is 32.0 Å². The minimum Gasteiger partial charge on any atom is -0.332 e. The molecule has 134 valence electrons. The first-order valence-corrected chi connectivity index (χ1v) is 7.50. The number of hydroxylamine groups is 1. The van der Waals surface area contributed by atoms with Crippen molar-refractivity contribution in [2.45, 2.75) is 12.6 Å². The molecule has 0 aliphatic carbocycles. The molecule has 25 heavy (non-hydrogen) atoms. The molecule has 3 heterocycles. The molecule has 8 nitrogen and oxygen atoms in total. The van der Waals surface area contributed by atoms with E-state index in [1.807, 2.05) is 0 Å². The molecule has 0 bridgehead atoms. The number of fused-ring (bicyclic) bond motifs is 1. The lowest BCUT2D eigenvalue weighted by molar-refractivity contribution is -0.106. The van der Waals surface area contributed by atoms with Gasteiger partial charge in [-0.15, -0.1) is 0 Å². The lowest BCUT2D eigenvalue weighted by atomic mass is 10.2. The highest BCUT2D eigenvalue weighted by Crippen LogP contribution is 2.31. The number of nitrogens with zero attached hydrogens (tertiary/aromatic N) is 5. The molecular formula is C14H15F3N6O2. The summed E-state index contributed by atoms with van der Waals surface area (Å²) in [7, 11) is 0. The number of hydrogen-bond donors (Lipinski definition) is 2. The summed E-state index contributed by atoms with van der Waals surface area (Å²) in [5.41, 5.74) is 0.860. The van der Waals surface area contributed by atoms with Gasteiger partial charge in [0.15, 0.2) is 0 Å². The van der Waals surface area contributed by atoms with Gasteiger partial charge in [0.05, 0.1) is 12.1 Å².